The van der Waals surface area contributed by atoms with Gasteiger partial charge in [0.1, 0.15) is 0 Å². The van der Waals surface area contributed by atoms with Crippen molar-refractivity contribution in [1.82, 2.24) is 10.2 Å². The van der Waals surface area contributed by atoms with Crippen LogP contribution in [0.5, 0.6) is 0 Å². The van der Waals surface area contributed by atoms with Crippen molar-refractivity contribution in [2.75, 3.05) is 13.1 Å². The molecule has 1 unspecified atom stereocenters. The van der Waals surface area contributed by atoms with Crippen molar-refractivity contribution < 1.29 is 4.79 Å². The Labute approximate surface area is 102 Å². The molecule has 1 aliphatic heterocycles. The first kappa shape index (κ1) is 10.6. The second-order valence-electron chi connectivity index (χ2n) is 4.94. The summed E-state index contributed by atoms with van der Waals surface area (Å²) in [5.74, 6) is 0. The molecule has 1 aromatic rings. The number of hydrogen-bond donors (Lipinski definition) is 1. The molecule has 1 fully saturated rings. The number of nitrogens with zero attached hydrogens (tertiary/aromatic N) is 1. The predicted molar refractivity (Wildman–Crippen MR) is 67.0 cm³/mol. The number of rotatable bonds is 1. The predicted octanol–water partition coefficient (Wildman–Crippen LogP) is 1.96. The summed E-state index contributed by atoms with van der Waals surface area (Å²) in [7, 11) is 0. The van der Waals surface area contributed by atoms with Gasteiger partial charge in [-0.1, -0.05) is 24.3 Å². The molecule has 0 radical (unpaired) electrons. The van der Waals surface area contributed by atoms with E-state index in [9.17, 15) is 4.79 Å². The summed E-state index contributed by atoms with van der Waals surface area (Å²) in [5.41, 5.74) is 2.88. The number of hydrogen-bond acceptors (Lipinski definition) is 1. The molecule has 0 saturated carbocycles. The molecule has 1 heterocycles. The smallest absolute Gasteiger partial charge is 0.317 e. The molecule has 90 valence electrons. The lowest BCUT2D eigenvalue weighted by Gasteiger charge is -2.37. The fourth-order valence-corrected chi connectivity index (χ4v) is 2.94. The summed E-state index contributed by atoms with van der Waals surface area (Å²) in [6, 6.07) is 9.13. The van der Waals surface area contributed by atoms with Crippen LogP contribution in [0.25, 0.3) is 0 Å². The van der Waals surface area contributed by atoms with Crippen LogP contribution in [0.3, 0.4) is 0 Å². The lowest BCUT2D eigenvalue weighted by molar-refractivity contribution is 0.154. The van der Waals surface area contributed by atoms with E-state index in [4.69, 9.17) is 0 Å². The van der Waals surface area contributed by atoms with Crippen LogP contribution >= 0.6 is 0 Å². The van der Waals surface area contributed by atoms with E-state index < -0.39 is 0 Å². The first-order valence-electron chi connectivity index (χ1n) is 6.46. The molecule has 2 aliphatic rings. The zero-order valence-electron chi connectivity index (χ0n) is 9.98. The van der Waals surface area contributed by atoms with Crippen LogP contribution in [0.2, 0.25) is 0 Å². The van der Waals surface area contributed by atoms with Gasteiger partial charge in [-0.05, 0) is 36.8 Å². The first-order valence-corrected chi connectivity index (χ1v) is 6.46. The van der Waals surface area contributed by atoms with E-state index >= 15 is 0 Å². The van der Waals surface area contributed by atoms with Gasteiger partial charge in [-0.15, -0.1) is 0 Å². The number of carbonyl (C=O) groups excluding carboxylic acids is 1. The molecule has 0 bridgehead atoms. The van der Waals surface area contributed by atoms with Crippen molar-refractivity contribution in [3.8, 4) is 0 Å². The van der Waals surface area contributed by atoms with Gasteiger partial charge < -0.3 is 10.2 Å². The molecule has 3 rings (SSSR count). The number of urea groups is 1. The van der Waals surface area contributed by atoms with Crippen molar-refractivity contribution in [3.63, 3.8) is 0 Å². The molecule has 0 spiro atoms. The maximum atomic E-state index is 11.8. The van der Waals surface area contributed by atoms with Gasteiger partial charge in [0.15, 0.2) is 0 Å². The van der Waals surface area contributed by atoms with Gasteiger partial charge in [0.2, 0.25) is 0 Å². The summed E-state index contributed by atoms with van der Waals surface area (Å²) in [5, 5.41) is 2.94. The van der Waals surface area contributed by atoms with E-state index in [1.807, 2.05) is 4.90 Å². The SMILES string of the molecule is O=C1NCCCN1C1CCc2ccccc2C1. The van der Waals surface area contributed by atoms with Crippen molar-refractivity contribution in [1.29, 1.82) is 0 Å². The molecule has 1 N–H and O–H groups in total. The summed E-state index contributed by atoms with van der Waals surface area (Å²) < 4.78 is 0. The highest BCUT2D eigenvalue weighted by atomic mass is 16.2. The minimum Gasteiger partial charge on any atom is -0.338 e. The Morgan fingerprint density at radius 1 is 1.24 bits per heavy atom. The Morgan fingerprint density at radius 3 is 2.88 bits per heavy atom. The van der Waals surface area contributed by atoms with Gasteiger partial charge in [0, 0.05) is 19.1 Å². The molecular formula is C14H18N2O. The van der Waals surface area contributed by atoms with Crippen molar-refractivity contribution >= 4 is 6.03 Å². The van der Waals surface area contributed by atoms with Crippen LogP contribution in [0, 0.1) is 0 Å². The maximum absolute atomic E-state index is 11.8. The number of nitrogens with one attached hydrogen (secondary N) is 1. The maximum Gasteiger partial charge on any atom is 0.317 e. The van der Waals surface area contributed by atoms with Gasteiger partial charge in [-0.2, -0.15) is 0 Å². The number of carbonyl (C=O) groups is 1. The third-order valence-corrected chi connectivity index (χ3v) is 3.87. The zero-order valence-corrected chi connectivity index (χ0v) is 9.98. The van der Waals surface area contributed by atoms with Gasteiger partial charge in [-0.3, -0.25) is 0 Å². The minimum absolute atomic E-state index is 0.126. The average molecular weight is 230 g/mol. The van der Waals surface area contributed by atoms with Gasteiger partial charge in [0.25, 0.3) is 0 Å². The van der Waals surface area contributed by atoms with E-state index in [2.05, 4.69) is 29.6 Å². The monoisotopic (exact) mass is 230 g/mol. The topological polar surface area (TPSA) is 32.3 Å². The van der Waals surface area contributed by atoms with Crippen molar-refractivity contribution in [2.24, 2.45) is 0 Å². The summed E-state index contributed by atoms with van der Waals surface area (Å²) in [6.45, 7) is 1.75. The van der Waals surface area contributed by atoms with Crippen LogP contribution in [0.1, 0.15) is 24.0 Å². The number of aryl methyl sites for hydroxylation is 1. The number of amides is 2. The summed E-state index contributed by atoms with van der Waals surface area (Å²) >= 11 is 0. The standard InChI is InChI=1S/C14H18N2O/c17-14-15-8-3-9-16(14)13-7-6-11-4-1-2-5-12(11)10-13/h1-2,4-5,13H,3,6-10H2,(H,15,17). The molecule has 1 atom stereocenters. The highest BCUT2D eigenvalue weighted by molar-refractivity contribution is 5.75. The Hall–Kier alpha value is -1.51. The van der Waals surface area contributed by atoms with Crippen LogP contribution in [-0.2, 0) is 12.8 Å². The molecule has 1 aliphatic carbocycles. The molecule has 0 aromatic heterocycles. The van der Waals surface area contributed by atoms with E-state index in [1.54, 1.807) is 0 Å². The van der Waals surface area contributed by atoms with Gasteiger partial charge >= 0.3 is 6.03 Å². The lowest BCUT2D eigenvalue weighted by atomic mass is 9.87. The Kier molecular flexibility index (Phi) is 2.75. The van der Waals surface area contributed by atoms with E-state index in [0.29, 0.717) is 6.04 Å². The quantitative estimate of drug-likeness (QED) is 0.786. The molecule has 3 heteroatoms. The fraction of sp³-hybridized carbons (Fsp3) is 0.500. The number of benzene rings is 1. The first-order chi connectivity index (χ1) is 8.34. The number of fused-ring (bicyclic) bond motifs is 1. The van der Waals surface area contributed by atoms with E-state index in [1.165, 1.54) is 11.1 Å². The zero-order chi connectivity index (χ0) is 11.7. The Bertz CT molecular complexity index is 430. The normalized spacial score (nSPS) is 24.1. The third-order valence-electron chi connectivity index (χ3n) is 3.87. The van der Waals surface area contributed by atoms with Gasteiger partial charge in [0.05, 0.1) is 0 Å². The molecule has 1 aromatic carbocycles. The highest BCUT2D eigenvalue weighted by Gasteiger charge is 2.28. The fourth-order valence-electron chi connectivity index (χ4n) is 2.94. The Morgan fingerprint density at radius 2 is 2.06 bits per heavy atom. The third kappa shape index (κ3) is 2.02. The van der Waals surface area contributed by atoms with E-state index in [-0.39, 0.29) is 6.03 Å². The molecule has 17 heavy (non-hydrogen) atoms. The van der Waals surface area contributed by atoms with Gasteiger partial charge in [-0.25, -0.2) is 4.79 Å². The lowest BCUT2D eigenvalue weighted by Crippen LogP contribution is -2.52. The second kappa shape index (κ2) is 4.40. The minimum atomic E-state index is 0.126. The van der Waals surface area contributed by atoms with Crippen LogP contribution < -0.4 is 5.32 Å². The average Bonchev–Trinajstić information content (AvgIpc) is 2.39. The van der Waals surface area contributed by atoms with Crippen molar-refractivity contribution in [2.45, 2.75) is 31.7 Å². The van der Waals surface area contributed by atoms with Crippen LogP contribution in [-0.4, -0.2) is 30.1 Å². The Balaban J connectivity index is 1.77. The molecule has 1 saturated heterocycles. The van der Waals surface area contributed by atoms with Crippen LogP contribution in [0.15, 0.2) is 24.3 Å². The summed E-state index contributed by atoms with van der Waals surface area (Å²) in [6.07, 6.45) is 4.29. The van der Waals surface area contributed by atoms with Crippen LogP contribution in [0.4, 0.5) is 4.79 Å². The van der Waals surface area contributed by atoms with Crippen molar-refractivity contribution in [3.05, 3.63) is 35.4 Å². The molecular weight excluding hydrogens is 212 g/mol. The molecule has 3 nitrogen and oxygen atoms in total. The second-order valence-corrected chi connectivity index (χ2v) is 4.94. The highest BCUT2D eigenvalue weighted by Crippen LogP contribution is 2.25. The molecule has 2 amide bonds. The van der Waals surface area contributed by atoms with E-state index in [0.717, 1.165) is 38.8 Å². The largest absolute Gasteiger partial charge is 0.338 e. The summed E-state index contributed by atoms with van der Waals surface area (Å²) in [4.78, 5) is 13.8.